The molecule has 0 bridgehead atoms. The molecule has 0 spiro atoms. The number of hydrogen-bond acceptors (Lipinski definition) is 3. The van der Waals surface area contributed by atoms with Gasteiger partial charge in [-0.25, -0.2) is 0 Å². The second kappa shape index (κ2) is 4.61. The van der Waals surface area contributed by atoms with Gasteiger partial charge in [0.15, 0.2) is 6.10 Å². The van der Waals surface area contributed by atoms with Crippen molar-refractivity contribution in [1.82, 2.24) is 4.90 Å². The maximum atomic E-state index is 8.61. The molecule has 0 amide bonds. The Morgan fingerprint density at radius 1 is 1.83 bits per heavy atom. The van der Waals surface area contributed by atoms with Crippen LogP contribution in [-0.2, 0) is 4.74 Å². The third-order valence-corrected chi connectivity index (χ3v) is 1.94. The van der Waals surface area contributed by atoms with Crippen molar-refractivity contribution in [2.75, 3.05) is 26.2 Å². The summed E-state index contributed by atoms with van der Waals surface area (Å²) in [5.41, 5.74) is 0. The van der Waals surface area contributed by atoms with Crippen molar-refractivity contribution in [1.29, 1.82) is 5.26 Å². The lowest BCUT2D eigenvalue weighted by molar-refractivity contribution is 0.00495. The molecule has 0 saturated carbocycles. The van der Waals surface area contributed by atoms with Crippen molar-refractivity contribution in [3.63, 3.8) is 0 Å². The lowest BCUT2D eigenvalue weighted by Gasteiger charge is -2.29. The maximum absolute atomic E-state index is 8.61. The Balaban J connectivity index is 2.36. The van der Waals surface area contributed by atoms with Crippen LogP contribution in [0.15, 0.2) is 11.1 Å². The average molecular weight is 231 g/mol. The van der Waals surface area contributed by atoms with Gasteiger partial charge in [0.1, 0.15) is 0 Å². The Labute approximate surface area is 80.7 Å². The minimum atomic E-state index is -0.273. The van der Waals surface area contributed by atoms with Crippen molar-refractivity contribution in [3.05, 3.63) is 11.1 Å². The molecule has 0 aromatic heterocycles. The third kappa shape index (κ3) is 2.94. The molecule has 1 saturated heterocycles. The molecule has 1 rings (SSSR count). The fourth-order valence-electron chi connectivity index (χ4n) is 1.17. The van der Waals surface area contributed by atoms with Crippen LogP contribution < -0.4 is 0 Å². The quantitative estimate of drug-likeness (QED) is 0.714. The summed E-state index contributed by atoms with van der Waals surface area (Å²) in [6.07, 6.45) is -0.273. The highest BCUT2D eigenvalue weighted by Crippen LogP contribution is 2.09. The highest BCUT2D eigenvalue weighted by atomic mass is 79.9. The maximum Gasteiger partial charge on any atom is 0.156 e. The van der Waals surface area contributed by atoms with Gasteiger partial charge in [-0.2, -0.15) is 5.26 Å². The number of nitrogens with zero attached hydrogens (tertiary/aromatic N) is 2. The highest BCUT2D eigenvalue weighted by Gasteiger charge is 2.19. The Morgan fingerprint density at radius 3 is 3.17 bits per heavy atom. The number of ether oxygens (including phenoxy) is 1. The van der Waals surface area contributed by atoms with Crippen molar-refractivity contribution in [2.45, 2.75) is 6.10 Å². The molecular weight excluding hydrogens is 220 g/mol. The van der Waals surface area contributed by atoms with Gasteiger partial charge in [0.05, 0.1) is 12.7 Å². The Morgan fingerprint density at radius 2 is 2.58 bits per heavy atom. The van der Waals surface area contributed by atoms with Gasteiger partial charge >= 0.3 is 0 Å². The third-order valence-electron chi connectivity index (χ3n) is 1.69. The Kier molecular flexibility index (Phi) is 3.73. The van der Waals surface area contributed by atoms with Crippen LogP contribution in [0.25, 0.3) is 0 Å². The van der Waals surface area contributed by atoms with E-state index in [4.69, 9.17) is 10.00 Å². The summed E-state index contributed by atoms with van der Waals surface area (Å²) in [4.78, 5) is 2.15. The van der Waals surface area contributed by atoms with Crippen molar-refractivity contribution in [2.24, 2.45) is 0 Å². The second-order valence-electron chi connectivity index (χ2n) is 2.74. The largest absolute Gasteiger partial charge is 0.361 e. The van der Waals surface area contributed by atoms with Gasteiger partial charge in [-0.15, -0.1) is 0 Å². The molecule has 3 nitrogen and oxygen atoms in total. The van der Waals surface area contributed by atoms with Crippen LogP contribution in [0.4, 0.5) is 0 Å². The van der Waals surface area contributed by atoms with Crippen LogP contribution in [-0.4, -0.2) is 37.2 Å². The van der Waals surface area contributed by atoms with Gasteiger partial charge in [0.2, 0.25) is 0 Å². The Hall–Kier alpha value is -0.370. The predicted molar refractivity (Wildman–Crippen MR) is 49.9 cm³/mol. The van der Waals surface area contributed by atoms with Gasteiger partial charge < -0.3 is 4.74 Å². The van der Waals surface area contributed by atoms with Gasteiger partial charge in [0, 0.05) is 24.1 Å². The van der Waals surface area contributed by atoms with E-state index in [0.29, 0.717) is 13.2 Å². The van der Waals surface area contributed by atoms with Gasteiger partial charge in [-0.3, -0.25) is 4.90 Å². The van der Waals surface area contributed by atoms with Crippen LogP contribution in [0.3, 0.4) is 0 Å². The standard InChI is InChI=1S/C8H11BrN2O/c1-7(9)5-11-2-3-12-8(4-10)6-11/h8H,1-3,5-6H2. The fraction of sp³-hybridized carbons (Fsp3) is 0.625. The normalized spacial score (nSPS) is 24.8. The van der Waals surface area contributed by atoms with Crippen LogP contribution in [0.1, 0.15) is 0 Å². The van der Waals surface area contributed by atoms with E-state index in [-0.39, 0.29) is 6.10 Å². The number of nitriles is 1. The topological polar surface area (TPSA) is 36.3 Å². The van der Waals surface area contributed by atoms with Crippen LogP contribution in [0.5, 0.6) is 0 Å². The fourth-order valence-corrected chi connectivity index (χ4v) is 1.52. The van der Waals surface area contributed by atoms with Crippen molar-refractivity contribution < 1.29 is 4.74 Å². The highest BCUT2D eigenvalue weighted by molar-refractivity contribution is 9.11. The molecule has 4 heteroatoms. The summed E-state index contributed by atoms with van der Waals surface area (Å²) in [6.45, 7) is 6.74. The molecule has 0 N–H and O–H groups in total. The first-order chi connectivity index (χ1) is 5.72. The average Bonchev–Trinajstić information content (AvgIpc) is 2.03. The molecule has 0 aromatic carbocycles. The summed E-state index contributed by atoms with van der Waals surface area (Å²) in [7, 11) is 0. The van der Waals surface area contributed by atoms with Crippen molar-refractivity contribution >= 4 is 15.9 Å². The zero-order valence-corrected chi connectivity index (χ0v) is 8.38. The predicted octanol–water partition coefficient (Wildman–Crippen LogP) is 1.12. The molecule has 0 aliphatic carbocycles. The summed E-state index contributed by atoms with van der Waals surface area (Å²) < 4.78 is 6.14. The van der Waals surface area contributed by atoms with E-state index >= 15 is 0 Å². The minimum absolute atomic E-state index is 0.273. The zero-order chi connectivity index (χ0) is 8.97. The van der Waals surface area contributed by atoms with E-state index in [9.17, 15) is 0 Å². The van der Waals surface area contributed by atoms with Crippen molar-refractivity contribution in [3.8, 4) is 6.07 Å². The lowest BCUT2D eigenvalue weighted by atomic mass is 10.3. The van der Waals surface area contributed by atoms with E-state index < -0.39 is 0 Å². The first kappa shape index (κ1) is 9.72. The summed E-state index contributed by atoms with van der Waals surface area (Å²) in [5.74, 6) is 0. The molecule has 1 aliphatic heterocycles. The molecule has 66 valence electrons. The van der Waals surface area contributed by atoms with Crippen LogP contribution in [0.2, 0.25) is 0 Å². The van der Waals surface area contributed by atoms with E-state index in [2.05, 4.69) is 33.5 Å². The number of rotatable bonds is 2. The SMILES string of the molecule is C=C(Br)CN1CCOC(C#N)C1. The molecule has 1 atom stereocenters. The minimum Gasteiger partial charge on any atom is -0.361 e. The molecule has 0 radical (unpaired) electrons. The first-order valence-electron chi connectivity index (χ1n) is 3.79. The molecule has 1 unspecified atom stereocenters. The lowest BCUT2D eigenvalue weighted by Crippen LogP contribution is -2.42. The number of morpholine rings is 1. The van der Waals surface area contributed by atoms with Gasteiger partial charge in [-0.1, -0.05) is 22.5 Å². The zero-order valence-electron chi connectivity index (χ0n) is 6.79. The van der Waals surface area contributed by atoms with E-state index in [1.165, 1.54) is 0 Å². The summed E-state index contributed by atoms with van der Waals surface area (Å²) in [6, 6.07) is 2.10. The smallest absolute Gasteiger partial charge is 0.156 e. The first-order valence-corrected chi connectivity index (χ1v) is 4.58. The Bertz CT molecular complexity index is 212. The van der Waals surface area contributed by atoms with Gasteiger partial charge in [-0.05, 0) is 0 Å². The molecule has 1 fully saturated rings. The molecule has 0 aromatic rings. The van der Waals surface area contributed by atoms with Crippen LogP contribution in [0, 0.1) is 11.3 Å². The summed E-state index contributed by atoms with van der Waals surface area (Å²) in [5, 5.41) is 8.61. The number of hydrogen-bond donors (Lipinski definition) is 0. The second-order valence-corrected chi connectivity index (χ2v) is 3.86. The molecular formula is C8H11BrN2O. The van der Waals surface area contributed by atoms with Crippen LogP contribution >= 0.6 is 15.9 Å². The molecule has 12 heavy (non-hydrogen) atoms. The van der Waals surface area contributed by atoms with Gasteiger partial charge in [0.25, 0.3) is 0 Å². The summed E-state index contributed by atoms with van der Waals surface area (Å²) >= 11 is 3.29. The van der Waals surface area contributed by atoms with E-state index in [0.717, 1.165) is 17.6 Å². The van der Waals surface area contributed by atoms with E-state index in [1.54, 1.807) is 0 Å². The van der Waals surface area contributed by atoms with E-state index in [1.807, 2.05) is 0 Å². The molecule has 1 heterocycles. The monoisotopic (exact) mass is 230 g/mol. The number of halogens is 1. The molecule has 1 aliphatic rings.